The van der Waals surface area contributed by atoms with E-state index in [2.05, 4.69) is 43.0 Å². The summed E-state index contributed by atoms with van der Waals surface area (Å²) in [5.74, 6) is 3.20. The van der Waals surface area contributed by atoms with Crippen molar-refractivity contribution in [2.75, 3.05) is 23.1 Å². The molecule has 0 aliphatic heterocycles. The van der Waals surface area contributed by atoms with Crippen molar-refractivity contribution in [1.29, 1.82) is 0 Å². The zero-order valence-electron chi connectivity index (χ0n) is 21.7. The molecule has 8 heteroatoms. The largest absolute Gasteiger partial charge is 0.497 e. The van der Waals surface area contributed by atoms with Crippen molar-refractivity contribution in [3.63, 3.8) is 0 Å². The Bertz CT molecular complexity index is 1280. The van der Waals surface area contributed by atoms with Crippen LogP contribution in [0.5, 0.6) is 11.5 Å². The predicted molar refractivity (Wildman–Crippen MR) is 151 cm³/mol. The number of aromatic nitrogens is 3. The zero-order chi connectivity index (χ0) is 26.0. The minimum absolute atomic E-state index is 0.384. The molecular formula is C30H34N6O2. The van der Waals surface area contributed by atoms with Crippen LogP contribution in [0.25, 0.3) is 0 Å². The van der Waals surface area contributed by atoms with E-state index in [0.29, 0.717) is 37.0 Å². The summed E-state index contributed by atoms with van der Waals surface area (Å²) < 4.78 is 11.2. The lowest BCUT2D eigenvalue weighted by Gasteiger charge is -2.23. The molecule has 1 aliphatic rings. The summed E-state index contributed by atoms with van der Waals surface area (Å²) in [5, 5.41) is 10.2. The highest BCUT2D eigenvalue weighted by Crippen LogP contribution is 2.23. The van der Waals surface area contributed by atoms with Gasteiger partial charge in [0.1, 0.15) is 18.1 Å². The molecule has 3 aromatic carbocycles. The quantitative estimate of drug-likeness (QED) is 0.209. The molecule has 3 N–H and O–H groups in total. The van der Waals surface area contributed by atoms with Crippen molar-refractivity contribution in [2.45, 2.75) is 51.3 Å². The van der Waals surface area contributed by atoms with Crippen molar-refractivity contribution >= 4 is 23.5 Å². The molecule has 0 atom stereocenters. The van der Waals surface area contributed by atoms with Gasteiger partial charge in [-0.2, -0.15) is 15.0 Å². The summed E-state index contributed by atoms with van der Waals surface area (Å²) in [6.07, 6.45) is 6.02. The summed E-state index contributed by atoms with van der Waals surface area (Å²) in [5.41, 5.74) is 3.11. The molecule has 1 saturated carbocycles. The standard InChI is InChI=1S/C30H34N6O2/c1-37-26-16-12-22(13-17-26)20-31-28-34-29(32-24-10-6-3-7-11-24)36-30(35-28)33-25-14-18-27(19-15-25)38-21-23-8-4-2-5-9-23/h2,4-5,8-9,12-19,24H,3,6-7,10-11,20-21H2,1H3,(H3,31,32,33,34,35,36). The highest BCUT2D eigenvalue weighted by atomic mass is 16.5. The number of nitrogens with zero attached hydrogens (tertiary/aromatic N) is 3. The highest BCUT2D eigenvalue weighted by Gasteiger charge is 2.16. The van der Waals surface area contributed by atoms with Gasteiger partial charge in [-0.3, -0.25) is 0 Å². The smallest absolute Gasteiger partial charge is 0.233 e. The highest BCUT2D eigenvalue weighted by molar-refractivity contribution is 5.57. The fraction of sp³-hybridized carbons (Fsp3) is 0.300. The first kappa shape index (κ1) is 25.3. The van der Waals surface area contributed by atoms with Crippen molar-refractivity contribution in [3.8, 4) is 11.5 Å². The van der Waals surface area contributed by atoms with Crippen LogP contribution in [0, 0.1) is 0 Å². The molecule has 1 aromatic heterocycles. The Morgan fingerprint density at radius 3 is 2.13 bits per heavy atom. The molecule has 0 amide bonds. The Morgan fingerprint density at radius 1 is 0.711 bits per heavy atom. The molecule has 38 heavy (non-hydrogen) atoms. The first-order chi connectivity index (χ1) is 18.7. The molecule has 0 bridgehead atoms. The summed E-state index contributed by atoms with van der Waals surface area (Å²) in [6, 6.07) is 26.3. The summed E-state index contributed by atoms with van der Waals surface area (Å²) in [4.78, 5) is 14.0. The van der Waals surface area contributed by atoms with Crippen LogP contribution in [-0.4, -0.2) is 28.1 Å². The molecule has 196 valence electrons. The van der Waals surface area contributed by atoms with Gasteiger partial charge >= 0.3 is 0 Å². The lowest BCUT2D eigenvalue weighted by Crippen LogP contribution is -2.24. The fourth-order valence-electron chi connectivity index (χ4n) is 4.43. The number of rotatable bonds is 11. The number of nitrogens with one attached hydrogen (secondary N) is 3. The van der Waals surface area contributed by atoms with Gasteiger partial charge < -0.3 is 25.4 Å². The van der Waals surface area contributed by atoms with E-state index in [-0.39, 0.29) is 0 Å². The lowest BCUT2D eigenvalue weighted by molar-refractivity contribution is 0.306. The van der Waals surface area contributed by atoms with E-state index in [9.17, 15) is 0 Å². The first-order valence-corrected chi connectivity index (χ1v) is 13.2. The Morgan fingerprint density at radius 2 is 1.39 bits per heavy atom. The SMILES string of the molecule is COc1ccc(CNc2nc(Nc3ccc(OCc4ccccc4)cc3)nc(NC3CCCCC3)n2)cc1. The van der Waals surface area contributed by atoms with Crippen molar-refractivity contribution in [2.24, 2.45) is 0 Å². The molecule has 5 rings (SSSR count). The average molecular weight is 511 g/mol. The van der Waals surface area contributed by atoms with Crippen LogP contribution in [0.15, 0.2) is 78.9 Å². The second-order valence-electron chi connectivity index (χ2n) is 9.41. The van der Waals surface area contributed by atoms with E-state index >= 15 is 0 Å². The van der Waals surface area contributed by atoms with E-state index < -0.39 is 0 Å². The predicted octanol–water partition coefficient (Wildman–Crippen LogP) is 6.56. The van der Waals surface area contributed by atoms with Crippen molar-refractivity contribution < 1.29 is 9.47 Å². The van der Waals surface area contributed by atoms with Crippen LogP contribution in [0.3, 0.4) is 0 Å². The van der Waals surface area contributed by atoms with E-state index in [1.807, 2.05) is 66.7 Å². The number of hydrogen-bond donors (Lipinski definition) is 3. The minimum atomic E-state index is 0.384. The molecule has 1 fully saturated rings. The molecule has 1 heterocycles. The maximum absolute atomic E-state index is 5.91. The van der Waals surface area contributed by atoms with Gasteiger partial charge in [-0.05, 0) is 60.4 Å². The lowest BCUT2D eigenvalue weighted by atomic mass is 9.96. The summed E-state index contributed by atoms with van der Waals surface area (Å²) in [6.45, 7) is 1.12. The van der Waals surface area contributed by atoms with Crippen LogP contribution >= 0.6 is 0 Å². The van der Waals surface area contributed by atoms with E-state index in [0.717, 1.165) is 41.2 Å². The molecule has 0 radical (unpaired) electrons. The molecule has 8 nitrogen and oxygen atoms in total. The van der Waals surface area contributed by atoms with Gasteiger partial charge in [-0.1, -0.05) is 61.7 Å². The zero-order valence-corrected chi connectivity index (χ0v) is 21.7. The molecule has 0 unspecified atom stereocenters. The fourth-order valence-corrected chi connectivity index (χ4v) is 4.43. The van der Waals surface area contributed by atoms with Crippen LogP contribution in [-0.2, 0) is 13.2 Å². The molecule has 1 aliphatic carbocycles. The van der Waals surface area contributed by atoms with Gasteiger partial charge in [-0.25, -0.2) is 0 Å². The normalized spacial score (nSPS) is 13.5. The maximum atomic E-state index is 5.91. The second kappa shape index (κ2) is 12.8. The molecule has 0 spiro atoms. The van der Waals surface area contributed by atoms with Gasteiger partial charge in [0.15, 0.2) is 0 Å². The van der Waals surface area contributed by atoms with Gasteiger partial charge in [0.05, 0.1) is 7.11 Å². The van der Waals surface area contributed by atoms with Crippen LogP contribution < -0.4 is 25.4 Å². The topological polar surface area (TPSA) is 93.2 Å². The summed E-state index contributed by atoms with van der Waals surface area (Å²) in [7, 11) is 1.67. The third kappa shape index (κ3) is 7.35. The number of hydrogen-bond acceptors (Lipinski definition) is 8. The van der Waals surface area contributed by atoms with E-state index in [4.69, 9.17) is 9.47 Å². The maximum Gasteiger partial charge on any atom is 0.233 e. The Kier molecular flexibility index (Phi) is 8.51. The Labute approximate surface area is 223 Å². The van der Waals surface area contributed by atoms with E-state index in [1.165, 1.54) is 19.3 Å². The number of methoxy groups -OCH3 is 1. The van der Waals surface area contributed by atoms with Crippen LogP contribution in [0.2, 0.25) is 0 Å². The van der Waals surface area contributed by atoms with Crippen LogP contribution in [0.1, 0.15) is 43.2 Å². The number of ether oxygens (including phenoxy) is 2. The third-order valence-corrected chi connectivity index (χ3v) is 6.54. The Balaban J connectivity index is 1.27. The third-order valence-electron chi connectivity index (χ3n) is 6.54. The van der Waals surface area contributed by atoms with Crippen LogP contribution in [0.4, 0.5) is 23.5 Å². The van der Waals surface area contributed by atoms with Crippen molar-refractivity contribution in [1.82, 2.24) is 15.0 Å². The average Bonchev–Trinajstić information content (AvgIpc) is 2.97. The summed E-state index contributed by atoms with van der Waals surface area (Å²) >= 11 is 0. The molecule has 4 aromatic rings. The van der Waals surface area contributed by atoms with Gasteiger partial charge in [0, 0.05) is 18.3 Å². The second-order valence-corrected chi connectivity index (χ2v) is 9.41. The van der Waals surface area contributed by atoms with Crippen molar-refractivity contribution in [3.05, 3.63) is 90.0 Å². The minimum Gasteiger partial charge on any atom is -0.497 e. The van der Waals surface area contributed by atoms with Gasteiger partial charge in [0.25, 0.3) is 0 Å². The molecule has 0 saturated heterocycles. The number of anilines is 4. The monoisotopic (exact) mass is 510 g/mol. The molecular weight excluding hydrogens is 476 g/mol. The van der Waals surface area contributed by atoms with E-state index in [1.54, 1.807) is 7.11 Å². The number of benzene rings is 3. The van der Waals surface area contributed by atoms with Gasteiger partial charge in [0.2, 0.25) is 17.8 Å². The van der Waals surface area contributed by atoms with Gasteiger partial charge in [-0.15, -0.1) is 0 Å². The Hall–Kier alpha value is -4.33. The first-order valence-electron chi connectivity index (χ1n) is 13.2.